The van der Waals surface area contributed by atoms with Gasteiger partial charge in [0.2, 0.25) is 0 Å². The third-order valence-electron chi connectivity index (χ3n) is 3.10. The van der Waals surface area contributed by atoms with Crippen LogP contribution in [0.4, 0.5) is 0 Å². The highest BCUT2D eigenvalue weighted by Gasteiger charge is 2.12. The van der Waals surface area contributed by atoms with Crippen molar-refractivity contribution in [1.29, 1.82) is 0 Å². The molecule has 16 heavy (non-hydrogen) atoms. The molecule has 0 fully saturated rings. The van der Waals surface area contributed by atoms with Gasteiger partial charge in [-0.2, -0.15) is 12.6 Å². The zero-order chi connectivity index (χ0) is 12.2. The van der Waals surface area contributed by atoms with Crippen LogP contribution < -0.4 is 0 Å². The molecule has 1 nitrogen and oxygen atoms in total. The third kappa shape index (κ3) is 8.46. The SMILES string of the molecule is CCCCC(CCS)CN(CCC)CCC. The predicted molar refractivity (Wildman–Crippen MR) is 78.5 cm³/mol. The van der Waals surface area contributed by atoms with E-state index in [-0.39, 0.29) is 0 Å². The van der Waals surface area contributed by atoms with Crippen molar-refractivity contribution in [2.75, 3.05) is 25.4 Å². The summed E-state index contributed by atoms with van der Waals surface area (Å²) < 4.78 is 0. The molecule has 0 N–H and O–H groups in total. The number of nitrogens with zero attached hydrogens (tertiary/aromatic N) is 1. The molecule has 98 valence electrons. The van der Waals surface area contributed by atoms with Crippen molar-refractivity contribution in [1.82, 2.24) is 4.90 Å². The van der Waals surface area contributed by atoms with E-state index in [0.717, 1.165) is 11.7 Å². The molecule has 2 heteroatoms. The first-order valence-corrected chi connectivity index (χ1v) is 7.74. The van der Waals surface area contributed by atoms with Crippen LogP contribution in [0.3, 0.4) is 0 Å². The molecular formula is C14H31NS. The van der Waals surface area contributed by atoms with Gasteiger partial charge in [0.05, 0.1) is 0 Å². The average Bonchev–Trinajstić information content (AvgIpc) is 2.27. The second-order valence-electron chi connectivity index (χ2n) is 4.82. The summed E-state index contributed by atoms with van der Waals surface area (Å²) in [6.45, 7) is 10.7. The van der Waals surface area contributed by atoms with E-state index < -0.39 is 0 Å². The molecule has 0 aliphatic carbocycles. The van der Waals surface area contributed by atoms with Crippen LogP contribution in [0.5, 0.6) is 0 Å². The quantitative estimate of drug-likeness (QED) is 0.533. The minimum absolute atomic E-state index is 0.871. The highest BCUT2D eigenvalue weighted by molar-refractivity contribution is 7.80. The Kier molecular flexibility index (Phi) is 12.0. The number of thiol groups is 1. The predicted octanol–water partition coefficient (Wildman–Crippen LogP) is 4.23. The van der Waals surface area contributed by atoms with Gasteiger partial charge in [-0.25, -0.2) is 0 Å². The first-order valence-electron chi connectivity index (χ1n) is 7.11. The minimum atomic E-state index is 0.871. The van der Waals surface area contributed by atoms with Crippen molar-refractivity contribution in [3.63, 3.8) is 0 Å². The van der Waals surface area contributed by atoms with Crippen LogP contribution in [0.25, 0.3) is 0 Å². The highest BCUT2D eigenvalue weighted by atomic mass is 32.1. The third-order valence-corrected chi connectivity index (χ3v) is 3.36. The second-order valence-corrected chi connectivity index (χ2v) is 5.27. The van der Waals surface area contributed by atoms with Crippen LogP contribution in [-0.2, 0) is 0 Å². The van der Waals surface area contributed by atoms with Gasteiger partial charge < -0.3 is 4.90 Å². The number of hydrogen-bond donors (Lipinski definition) is 1. The summed E-state index contributed by atoms with van der Waals surface area (Å²) in [5.74, 6) is 1.91. The van der Waals surface area contributed by atoms with Crippen LogP contribution in [-0.4, -0.2) is 30.3 Å². The van der Waals surface area contributed by atoms with Crippen molar-refractivity contribution >= 4 is 12.6 Å². The van der Waals surface area contributed by atoms with Crippen LogP contribution in [0.2, 0.25) is 0 Å². The molecule has 0 heterocycles. The maximum Gasteiger partial charge on any atom is 0.000995 e. The van der Waals surface area contributed by atoms with Crippen LogP contribution in [0.1, 0.15) is 59.3 Å². The van der Waals surface area contributed by atoms with Crippen LogP contribution in [0.15, 0.2) is 0 Å². The lowest BCUT2D eigenvalue weighted by atomic mass is 9.98. The van der Waals surface area contributed by atoms with Crippen LogP contribution in [0, 0.1) is 5.92 Å². The van der Waals surface area contributed by atoms with E-state index in [9.17, 15) is 0 Å². The highest BCUT2D eigenvalue weighted by Crippen LogP contribution is 2.15. The Morgan fingerprint density at radius 3 is 2.00 bits per heavy atom. The fraction of sp³-hybridized carbons (Fsp3) is 1.00. The van der Waals surface area contributed by atoms with E-state index in [1.807, 2.05) is 0 Å². The molecule has 0 rings (SSSR count). The number of hydrogen-bond acceptors (Lipinski definition) is 2. The zero-order valence-corrected chi connectivity index (χ0v) is 12.4. The lowest BCUT2D eigenvalue weighted by Gasteiger charge is -2.26. The lowest BCUT2D eigenvalue weighted by molar-refractivity contribution is 0.220. The Morgan fingerprint density at radius 1 is 0.938 bits per heavy atom. The van der Waals surface area contributed by atoms with E-state index in [1.165, 1.54) is 58.2 Å². The van der Waals surface area contributed by atoms with Crippen molar-refractivity contribution in [3.8, 4) is 0 Å². The van der Waals surface area contributed by atoms with E-state index in [4.69, 9.17) is 0 Å². The molecule has 0 amide bonds. The second kappa shape index (κ2) is 11.8. The molecule has 0 spiro atoms. The molecule has 0 aliphatic heterocycles. The first kappa shape index (κ1) is 16.3. The van der Waals surface area contributed by atoms with Gasteiger partial charge in [-0.15, -0.1) is 0 Å². The topological polar surface area (TPSA) is 3.24 Å². The van der Waals surface area contributed by atoms with Gasteiger partial charge in [0.15, 0.2) is 0 Å². The van der Waals surface area contributed by atoms with Crippen LogP contribution >= 0.6 is 12.6 Å². The maximum atomic E-state index is 4.39. The Morgan fingerprint density at radius 2 is 1.56 bits per heavy atom. The summed E-state index contributed by atoms with van der Waals surface area (Å²) in [6, 6.07) is 0. The Bertz CT molecular complexity index is 133. The zero-order valence-electron chi connectivity index (χ0n) is 11.5. The molecule has 0 bridgehead atoms. The lowest BCUT2D eigenvalue weighted by Crippen LogP contribution is -2.31. The first-order chi connectivity index (χ1) is 7.78. The summed E-state index contributed by atoms with van der Waals surface area (Å²) in [5.41, 5.74) is 0. The molecule has 1 unspecified atom stereocenters. The summed E-state index contributed by atoms with van der Waals surface area (Å²) in [4.78, 5) is 2.64. The molecule has 0 aliphatic rings. The molecule has 0 aromatic heterocycles. The van der Waals surface area contributed by atoms with Crippen molar-refractivity contribution < 1.29 is 0 Å². The summed E-state index contributed by atoms with van der Waals surface area (Å²) in [6.07, 6.45) is 7.94. The number of rotatable bonds is 11. The van der Waals surface area contributed by atoms with Gasteiger partial charge in [0.1, 0.15) is 0 Å². The van der Waals surface area contributed by atoms with Crippen molar-refractivity contribution in [2.24, 2.45) is 5.92 Å². The monoisotopic (exact) mass is 245 g/mol. The Labute approximate surface area is 108 Å². The minimum Gasteiger partial charge on any atom is -0.303 e. The molecule has 0 radical (unpaired) electrons. The Hall–Kier alpha value is 0.310. The van der Waals surface area contributed by atoms with E-state index in [0.29, 0.717) is 0 Å². The van der Waals surface area contributed by atoms with E-state index in [2.05, 4.69) is 38.3 Å². The fourth-order valence-corrected chi connectivity index (χ4v) is 2.66. The molecule has 0 saturated heterocycles. The van der Waals surface area contributed by atoms with E-state index in [1.54, 1.807) is 0 Å². The average molecular weight is 245 g/mol. The maximum absolute atomic E-state index is 4.39. The van der Waals surface area contributed by atoms with Gasteiger partial charge in [-0.1, -0.05) is 33.6 Å². The van der Waals surface area contributed by atoms with Gasteiger partial charge in [-0.05, 0) is 50.4 Å². The summed E-state index contributed by atoms with van der Waals surface area (Å²) >= 11 is 4.39. The van der Waals surface area contributed by atoms with Gasteiger partial charge >= 0.3 is 0 Å². The molecule has 0 aromatic carbocycles. The molecule has 0 aromatic rings. The van der Waals surface area contributed by atoms with Gasteiger partial charge in [-0.3, -0.25) is 0 Å². The normalized spacial score (nSPS) is 13.3. The molecule has 1 atom stereocenters. The molecular weight excluding hydrogens is 214 g/mol. The largest absolute Gasteiger partial charge is 0.303 e. The van der Waals surface area contributed by atoms with E-state index >= 15 is 0 Å². The van der Waals surface area contributed by atoms with Crippen molar-refractivity contribution in [2.45, 2.75) is 59.3 Å². The summed E-state index contributed by atoms with van der Waals surface area (Å²) in [5, 5.41) is 0. The van der Waals surface area contributed by atoms with Gasteiger partial charge in [0, 0.05) is 6.54 Å². The Balaban J connectivity index is 3.98. The number of unbranched alkanes of at least 4 members (excludes halogenated alkanes) is 1. The summed E-state index contributed by atoms with van der Waals surface area (Å²) in [7, 11) is 0. The molecule has 0 saturated carbocycles. The smallest absolute Gasteiger partial charge is 0.000995 e. The fourth-order valence-electron chi connectivity index (χ4n) is 2.29. The standard InChI is InChI=1S/C14H31NS/c1-4-7-8-14(9-12-16)13-15(10-5-2)11-6-3/h14,16H,4-13H2,1-3H3. The van der Waals surface area contributed by atoms with Crippen molar-refractivity contribution in [3.05, 3.63) is 0 Å². The van der Waals surface area contributed by atoms with Gasteiger partial charge in [0.25, 0.3) is 0 Å².